The molecule has 3 nitrogen and oxygen atoms in total. The van der Waals surface area contributed by atoms with Crippen molar-refractivity contribution in [3.8, 4) is 22.5 Å². The van der Waals surface area contributed by atoms with Crippen LogP contribution in [0.1, 0.15) is 0 Å². The molecule has 0 aliphatic heterocycles. The van der Waals surface area contributed by atoms with Crippen LogP contribution in [0.4, 0.5) is 0 Å². The highest BCUT2D eigenvalue weighted by molar-refractivity contribution is 5.69. The summed E-state index contributed by atoms with van der Waals surface area (Å²) in [6.07, 6.45) is 2.53. The molecular weight excluding hydrogens is 210 g/mol. The molecule has 0 bridgehead atoms. The minimum absolute atomic E-state index is 0.739. The summed E-state index contributed by atoms with van der Waals surface area (Å²) in [5.74, 6) is 0.739. The third-order valence-corrected chi connectivity index (χ3v) is 2.62. The summed E-state index contributed by atoms with van der Waals surface area (Å²) in [5, 5.41) is 6.56. The van der Waals surface area contributed by atoms with Gasteiger partial charge in [-0.25, -0.2) is 4.98 Å². The molecule has 17 heavy (non-hydrogen) atoms. The Morgan fingerprint density at radius 1 is 0.824 bits per heavy atom. The average Bonchev–Trinajstić information content (AvgIpc) is 2.94. The normalized spacial score (nSPS) is 10.4. The smallest absolute Gasteiger partial charge is 0.221 e. The number of aromatic nitrogens is 3. The van der Waals surface area contributed by atoms with Crippen molar-refractivity contribution in [2.45, 2.75) is 0 Å². The van der Waals surface area contributed by atoms with Crippen LogP contribution < -0.4 is 0 Å². The maximum Gasteiger partial charge on any atom is 0.221 e. The minimum atomic E-state index is 0.739. The Balaban J connectivity index is 2.06. The third kappa shape index (κ3) is 1.95. The van der Waals surface area contributed by atoms with Crippen LogP contribution >= 0.6 is 0 Å². The summed E-state index contributed by atoms with van der Waals surface area (Å²) in [6, 6.07) is 18.4. The molecule has 3 aromatic rings. The summed E-state index contributed by atoms with van der Waals surface area (Å²) < 4.78 is 0. The predicted molar refractivity (Wildman–Crippen MR) is 66.1 cm³/mol. The van der Waals surface area contributed by atoms with Crippen molar-refractivity contribution < 1.29 is 0 Å². The van der Waals surface area contributed by atoms with Gasteiger partial charge in [0.25, 0.3) is 0 Å². The number of rotatable bonds is 2. The zero-order valence-corrected chi connectivity index (χ0v) is 9.09. The molecule has 0 spiro atoms. The molecule has 0 fully saturated rings. The van der Waals surface area contributed by atoms with Crippen molar-refractivity contribution in [1.29, 1.82) is 0 Å². The third-order valence-electron chi connectivity index (χ3n) is 2.62. The Hall–Kier alpha value is -2.42. The molecule has 3 heteroatoms. The monoisotopic (exact) mass is 220 g/mol. The number of benzene rings is 2. The molecule has 1 aromatic heterocycles. The van der Waals surface area contributed by atoms with E-state index in [0.717, 1.165) is 11.4 Å². The lowest BCUT2D eigenvalue weighted by Crippen LogP contribution is -1.83. The first-order valence-corrected chi connectivity index (χ1v) is 5.38. The average molecular weight is 220 g/mol. The van der Waals surface area contributed by atoms with Crippen LogP contribution in [-0.4, -0.2) is 15.2 Å². The molecule has 2 aromatic carbocycles. The molecule has 0 atom stereocenters. The summed E-state index contributed by atoms with van der Waals surface area (Å²) in [6.45, 7) is 0. The van der Waals surface area contributed by atoms with Crippen LogP contribution in [-0.2, 0) is 0 Å². The Labute approximate surface area is 99.2 Å². The van der Waals surface area contributed by atoms with E-state index in [2.05, 4.69) is 45.8 Å². The quantitative estimate of drug-likeness (QED) is 0.721. The first-order valence-electron chi connectivity index (χ1n) is 5.38. The summed E-state index contributed by atoms with van der Waals surface area (Å²) in [5.41, 5.74) is 3.37. The Bertz CT molecular complexity index is 600. The summed E-state index contributed by atoms with van der Waals surface area (Å²) in [7, 11) is 0. The lowest BCUT2D eigenvalue weighted by atomic mass is 10.0. The highest BCUT2D eigenvalue weighted by Gasteiger charge is 2.02. The lowest BCUT2D eigenvalue weighted by molar-refractivity contribution is 1.09. The maximum absolute atomic E-state index is 4.03. The van der Waals surface area contributed by atoms with E-state index in [1.54, 1.807) is 0 Å². The summed E-state index contributed by atoms with van der Waals surface area (Å²) in [4.78, 5) is 4.03. The number of nitrogens with zero attached hydrogens (tertiary/aromatic N) is 2. The van der Waals surface area contributed by atoms with Crippen LogP contribution in [0.5, 0.6) is 0 Å². The van der Waals surface area contributed by atoms with Gasteiger partial charge in [0.15, 0.2) is 5.82 Å². The minimum Gasteiger partial charge on any atom is -0.259 e. The zero-order chi connectivity index (χ0) is 11.5. The van der Waals surface area contributed by atoms with E-state index in [1.807, 2.05) is 30.3 Å². The second-order valence-electron chi connectivity index (χ2n) is 3.73. The molecule has 0 amide bonds. The lowest BCUT2D eigenvalue weighted by Gasteiger charge is -2.03. The number of hydrogen-bond donors (Lipinski definition) is 1. The summed E-state index contributed by atoms with van der Waals surface area (Å²) >= 11 is 0. The van der Waals surface area contributed by atoms with Gasteiger partial charge in [0.05, 0.1) is 0 Å². The van der Waals surface area contributed by atoms with Gasteiger partial charge < -0.3 is 0 Å². The second-order valence-corrected chi connectivity index (χ2v) is 3.73. The van der Waals surface area contributed by atoms with E-state index in [9.17, 15) is 0 Å². The number of H-pyrrole nitrogens is 1. The van der Waals surface area contributed by atoms with Crippen molar-refractivity contribution in [3.63, 3.8) is 0 Å². The van der Waals surface area contributed by atoms with E-state index in [4.69, 9.17) is 0 Å². The van der Waals surface area contributed by atoms with Crippen LogP contribution in [0, 0.1) is 6.33 Å². The molecule has 1 radical (unpaired) electrons. The SMILES string of the molecule is [c]1n[nH]c(-c2cccc(-c3ccccc3)c2)n1. The van der Waals surface area contributed by atoms with Gasteiger partial charge in [-0.05, 0) is 17.2 Å². The molecule has 1 N–H and O–H groups in total. The fourth-order valence-electron chi connectivity index (χ4n) is 1.78. The maximum atomic E-state index is 4.03. The van der Waals surface area contributed by atoms with Crippen LogP contribution in [0.2, 0.25) is 0 Å². The highest BCUT2D eigenvalue weighted by Crippen LogP contribution is 2.23. The van der Waals surface area contributed by atoms with Crippen molar-refractivity contribution in [2.75, 3.05) is 0 Å². The molecule has 0 unspecified atom stereocenters. The van der Waals surface area contributed by atoms with Gasteiger partial charge in [-0.3, -0.25) is 5.10 Å². The standard InChI is InChI=1S/C14H10N3/c1-2-5-11(6-3-1)12-7-4-8-13(9-12)14-15-10-16-17-14/h1-9H,(H,15,16,17). The van der Waals surface area contributed by atoms with Gasteiger partial charge in [-0.2, -0.15) is 0 Å². The molecule has 0 aliphatic rings. The highest BCUT2D eigenvalue weighted by atomic mass is 15.2. The Kier molecular flexibility index (Phi) is 2.43. The van der Waals surface area contributed by atoms with Gasteiger partial charge in [-0.15, -0.1) is 5.10 Å². The number of aromatic amines is 1. The van der Waals surface area contributed by atoms with Crippen molar-refractivity contribution in [2.24, 2.45) is 0 Å². The Morgan fingerprint density at radius 2 is 1.59 bits per heavy atom. The molecule has 0 saturated carbocycles. The van der Waals surface area contributed by atoms with E-state index >= 15 is 0 Å². The van der Waals surface area contributed by atoms with Crippen molar-refractivity contribution in [1.82, 2.24) is 15.2 Å². The molecule has 81 valence electrons. The molecular formula is C14H10N3. The number of hydrogen-bond acceptors (Lipinski definition) is 2. The first kappa shape index (κ1) is 9.78. The number of nitrogens with one attached hydrogen (secondary N) is 1. The fraction of sp³-hybridized carbons (Fsp3) is 0. The van der Waals surface area contributed by atoms with E-state index < -0.39 is 0 Å². The predicted octanol–water partition coefficient (Wildman–Crippen LogP) is 2.94. The van der Waals surface area contributed by atoms with Gasteiger partial charge in [-0.1, -0.05) is 48.5 Å². The Morgan fingerprint density at radius 3 is 2.35 bits per heavy atom. The van der Waals surface area contributed by atoms with Crippen LogP contribution in [0.25, 0.3) is 22.5 Å². The van der Waals surface area contributed by atoms with Crippen molar-refractivity contribution in [3.05, 3.63) is 60.9 Å². The van der Waals surface area contributed by atoms with E-state index in [-0.39, 0.29) is 0 Å². The van der Waals surface area contributed by atoms with Gasteiger partial charge in [0.2, 0.25) is 6.33 Å². The molecule has 0 saturated heterocycles. The topological polar surface area (TPSA) is 41.6 Å². The van der Waals surface area contributed by atoms with E-state index in [1.165, 1.54) is 11.1 Å². The largest absolute Gasteiger partial charge is 0.259 e. The zero-order valence-electron chi connectivity index (χ0n) is 9.09. The second kappa shape index (κ2) is 4.22. The fourth-order valence-corrected chi connectivity index (χ4v) is 1.78. The molecule has 0 aliphatic carbocycles. The van der Waals surface area contributed by atoms with Gasteiger partial charge >= 0.3 is 0 Å². The van der Waals surface area contributed by atoms with Gasteiger partial charge in [0, 0.05) is 5.56 Å². The molecule has 1 heterocycles. The van der Waals surface area contributed by atoms with Crippen LogP contribution in [0.3, 0.4) is 0 Å². The van der Waals surface area contributed by atoms with Gasteiger partial charge in [0.1, 0.15) is 0 Å². The molecule has 3 rings (SSSR count). The first-order chi connectivity index (χ1) is 8.43. The van der Waals surface area contributed by atoms with E-state index in [0.29, 0.717) is 0 Å². The van der Waals surface area contributed by atoms with Crippen LogP contribution in [0.15, 0.2) is 54.6 Å². The van der Waals surface area contributed by atoms with Crippen molar-refractivity contribution >= 4 is 0 Å².